The lowest BCUT2D eigenvalue weighted by Crippen LogP contribution is -3.14. The molecule has 2 aromatic rings. The van der Waals surface area contributed by atoms with Crippen LogP contribution in [0.4, 0.5) is 11.4 Å². The third kappa shape index (κ3) is 4.14. The van der Waals surface area contributed by atoms with Crippen LogP contribution in [0.5, 0.6) is 0 Å². The van der Waals surface area contributed by atoms with Crippen LogP contribution < -0.4 is 14.5 Å². The summed E-state index contributed by atoms with van der Waals surface area (Å²) in [5, 5.41) is 0. The first-order valence-corrected chi connectivity index (χ1v) is 10.2. The highest BCUT2D eigenvalue weighted by atomic mass is 32.2. The fourth-order valence-electron chi connectivity index (χ4n) is 3.17. The lowest BCUT2D eigenvalue weighted by atomic mass is 10.2. The predicted octanol–water partition coefficient (Wildman–Crippen LogP) is 1.52. The molecule has 0 aliphatic carbocycles. The first kappa shape index (κ1) is 17.8. The zero-order valence-corrected chi connectivity index (χ0v) is 15.6. The van der Waals surface area contributed by atoms with Crippen molar-refractivity contribution in [3.8, 4) is 0 Å². The molecule has 1 heterocycles. The molecule has 0 unspecified atom stereocenters. The minimum absolute atomic E-state index is 0.285. The summed E-state index contributed by atoms with van der Waals surface area (Å²) in [6.07, 6.45) is 0. The zero-order valence-electron chi connectivity index (χ0n) is 14.8. The number of sulfonamides is 1. The molecular formula is C19H26N3O2S+. The van der Waals surface area contributed by atoms with E-state index in [0.717, 1.165) is 44.0 Å². The Kier molecular flexibility index (Phi) is 5.30. The van der Waals surface area contributed by atoms with Gasteiger partial charge in [0.2, 0.25) is 0 Å². The molecule has 1 saturated heterocycles. The number of hydrogen-bond donors (Lipinski definition) is 2. The van der Waals surface area contributed by atoms with Crippen LogP contribution in [0.3, 0.4) is 0 Å². The summed E-state index contributed by atoms with van der Waals surface area (Å²) in [6.45, 7) is 9.31. The van der Waals surface area contributed by atoms with Gasteiger partial charge in [-0.15, -0.1) is 0 Å². The molecule has 0 atom stereocenters. The van der Waals surface area contributed by atoms with Gasteiger partial charge >= 0.3 is 0 Å². The minimum atomic E-state index is -3.59. The van der Waals surface area contributed by atoms with Crippen molar-refractivity contribution < 1.29 is 13.3 Å². The first-order valence-electron chi connectivity index (χ1n) is 8.76. The molecule has 6 heteroatoms. The number of rotatable bonds is 5. The molecule has 2 N–H and O–H groups in total. The Bertz CT molecular complexity index is 811. The largest absolute Gasteiger partial charge is 0.359 e. The van der Waals surface area contributed by atoms with Gasteiger partial charge in [0.15, 0.2) is 0 Å². The molecule has 0 bridgehead atoms. The third-order valence-electron chi connectivity index (χ3n) is 4.79. The van der Waals surface area contributed by atoms with Gasteiger partial charge in [-0.2, -0.15) is 0 Å². The van der Waals surface area contributed by atoms with Gasteiger partial charge < -0.3 is 9.80 Å². The number of aryl methyl sites for hydroxylation is 1. The summed E-state index contributed by atoms with van der Waals surface area (Å²) in [5.74, 6) is 0. The molecule has 25 heavy (non-hydrogen) atoms. The molecule has 0 aromatic heterocycles. The maximum Gasteiger partial charge on any atom is 0.261 e. The Morgan fingerprint density at radius 2 is 1.68 bits per heavy atom. The summed E-state index contributed by atoms with van der Waals surface area (Å²) in [5.41, 5.74) is 2.63. The van der Waals surface area contributed by atoms with Gasteiger partial charge in [0.05, 0.1) is 49.0 Å². The van der Waals surface area contributed by atoms with E-state index in [4.69, 9.17) is 0 Å². The highest BCUT2D eigenvalue weighted by Crippen LogP contribution is 2.28. The van der Waals surface area contributed by atoms with Gasteiger partial charge in [0.1, 0.15) is 0 Å². The molecule has 0 radical (unpaired) electrons. The van der Waals surface area contributed by atoms with Crippen LogP contribution in [0.1, 0.15) is 12.5 Å². The van der Waals surface area contributed by atoms with Crippen molar-refractivity contribution in [3.05, 3.63) is 54.1 Å². The number of anilines is 2. The third-order valence-corrected chi connectivity index (χ3v) is 6.17. The SMILES string of the molecule is CC[NH+]1CCN(c2ccccc2NS(=O)(=O)c2ccc(C)cc2)CC1. The van der Waals surface area contributed by atoms with Crippen molar-refractivity contribution >= 4 is 21.4 Å². The van der Waals surface area contributed by atoms with Crippen molar-refractivity contribution in [1.82, 2.24) is 0 Å². The molecule has 5 nitrogen and oxygen atoms in total. The number of benzene rings is 2. The second kappa shape index (κ2) is 7.45. The minimum Gasteiger partial charge on any atom is -0.359 e. The fraction of sp³-hybridized carbons (Fsp3) is 0.368. The first-order chi connectivity index (χ1) is 12.0. The standard InChI is InChI=1S/C19H25N3O2S/c1-3-21-12-14-22(15-13-21)19-7-5-4-6-18(19)20-25(23,24)17-10-8-16(2)9-11-17/h4-11,20H,3,12-15H2,1-2H3/p+1. The second-order valence-corrected chi connectivity index (χ2v) is 8.21. The number of nitrogens with one attached hydrogen (secondary N) is 2. The van der Waals surface area contributed by atoms with Crippen LogP contribution >= 0.6 is 0 Å². The van der Waals surface area contributed by atoms with Crippen LogP contribution in [0.2, 0.25) is 0 Å². The Morgan fingerprint density at radius 3 is 2.32 bits per heavy atom. The van der Waals surface area contributed by atoms with Gasteiger partial charge in [-0.25, -0.2) is 8.42 Å². The average molecular weight is 361 g/mol. The maximum absolute atomic E-state index is 12.7. The summed E-state index contributed by atoms with van der Waals surface area (Å²) in [6, 6.07) is 14.6. The van der Waals surface area contributed by atoms with Gasteiger partial charge in [0, 0.05) is 0 Å². The molecule has 3 rings (SSSR count). The number of para-hydroxylation sites is 2. The van der Waals surface area contributed by atoms with Gasteiger partial charge in [-0.1, -0.05) is 29.8 Å². The van der Waals surface area contributed by atoms with Crippen LogP contribution in [-0.2, 0) is 10.0 Å². The van der Waals surface area contributed by atoms with E-state index >= 15 is 0 Å². The van der Waals surface area contributed by atoms with Crippen molar-refractivity contribution in [2.24, 2.45) is 0 Å². The van der Waals surface area contributed by atoms with Crippen molar-refractivity contribution in [2.45, 2.75) is 18.7 Å². The van der Waals surface area contributed by atoms with Crippen molar-refractivity contribution in [3.63, 3.8) is 0 Å². The Hall–Kier alpha value is -2.05. The van der Waals surface area contributed by atoms with Gasteiger partial charge in [-0.05, 0) is 38.1 Å². The predicted molar refractivity (Wildman–Crippen MR) is 102 cm³/mol. The van der Waals surface area contributed by atoms with E-state index in [1.165, 1.54) is 0 Å². The van der Waals surface area contributed by atoms with E-state index in [1.54, 1.807) is 17.0 Å². The summed E-state index contributed by atoms with van der Waals surface area (Å²) >= 11 is 0. The normalized spacial score (nSPS) is 16.0. The lowest BCUT2D eigenvalue weighted by molar-refractivity contribution is -0.898. The van der Waals surface area contributed by atoms with Crippen LogP contribution in [0.15, 0.2) is 53.4 Å². The topological polar surface area (TPSA) is 53.9 Å². The number of nitrogens with zero attached hydrogens (tertiary/aromatic N) is 1. The second-order valence-electron chi connectivity index (χ2n) is 6.53. The van der Waals surface area contributed by atoms with Gasteiger partial charge in [-0.3, -0.25) is 4.72 Å². The number of piperazine rings is 1. The van der Waals surface area contributed by atoms with Crippen molar-refractivity contribution in [1.29, 1.82) is 0 Å². The quantitative estimate of drug-likeness (QED) is 0.850. The smallest absolute Gasteiger partial charge is 0.261 e. The zero-order chi connectivity index (χ0) is 17.9. The van der Waals surface area contributed by atoms with E-state index in [1.807, 2.05) is 43.3 Å². The van der Waals surface area contributed by atoms with E-state index in [2.05, 4.69) is 16.5 Å². The Balaban J connectivity index is 1.82. The highest BCUT2D eigenvalue weighted by Gasteiger charge is 2.22. The monoisotopic (exact) mass is 360 g/mol. The molecule has 0 saturated carbocycles. The molecule has 1 aliphatic heterocycles. The number of quaternary nitrogens is 1. The van der Waals surface area contributed by atoms with Gasteiger partial charge in [0.25, 0.3) is 10.0 Å². The van der Waals surface area contributed by atoms with Crippen LogP contribution in [-0.4, -0.2) is 41.1 Å². The molecule has 2 aromatic carbocycles. The summed E-state index contributed by atoms with van der Waals surface area (Å²) < 4.78 is 28.2. The molecule has 1 aliphatic rings. The highest BCUT2D eigenvalue weighted by molar-refractivity contribution is 7.92. The number of likely N-dealkylation sites (N-methyl/N-ethyl adjacent to an activating group) is 1. The molecule has 134 valence electrons. The van der Waals surface area contributed by atoms with Crippen molar-refractivity contribution in [2.75, 3.05) is 42.3 Å². The Morgan fingerprint density at radius 1 is 1.04 bits per heavy atom. The molecule has 1 fully saturated rings. The summed E-state index contributed by atoms with van der Waals surface area (Å²) in [4.78, 5) is 4.15. The van der Waals surface area contributed by atoms with Crippen LogP contribution in [0.25, 0.3) is 0 Å². The molecular weight excluding hydrogens is 334 g/mol. The lowest BCUT2D eigenvalue weighted by Gasteiger charge is -2.34. The summed E-state index contributed by atoms with van der Waals surface area (Å²) in [7, 11) is -3.59. The fourth-order valence-corrected chi connectivity index (χ4v) is 4.25. The Labute approximate surface area is 150 Å². The van der Waals surface area contributed by atoms with E-state index in [0.29, 0.717) is 5.69 Å². The average Bonchev–Trinajstić information content (AvgIpc) is 2.62. The molecule has 0 spiro atoms. The van der Waals surface area contributed by atoms with E-state index < -0.39 is 10.0 Å². The van der Waals surface area contributed by atoms with E-state index in [9.17, 15) is 8.42 Å². The molecule has 0 amide bonds. The maximum atomic E-state index is 12.7. The van der Waals surface area contributed by atoms with Crippen LogP contribution in [0, 0.1) is 6.92 Å². The number of hydrogen-bond acceptors (Lipinski definition) is 3. The van der Waals surface area contributed by atoms with E-state index in [-0.39, 0.29) is 4.90 Å².